The predicted molar refractivity (Wildman–Crippen MR) is 77.3 cm³/mol. The summed E-state index contributed by atoms with van der Waals surface area (Å²) in [5.74, 6) is -0.257. The minimum absolute atomic E-state index is 0.139. The van der Waals surface area contributed by atoms with Crippen molar-refractivity contribution in [1.82, 2.24) is 0 Å². The molecule has 0 heterocycles. The van der Waals surface area contributed by atoms with Crippen molar-refractivity contribution < 1.29 is 13.5 Å². The van der Waals surface area contributed by atoms with E-state index >= 15 is 0 Å². The molecule has 17 heavy (non-hydrogen) atoms. The van der Waals surface area contributed by atoms with Crippen LogP contribution in [0.3, 0.4) is 0 Å². The number of sulfone groups is 1. The van der Waals surface area contributed by atoms with Gasteiger partial charge in [0.05, 0.1) is 16.2 Å². The minimum Gasteiger partial charge on any atom is -0.388 e. The van der Waals surface area contributed by atoms with Crippen LogP contribution in [0, 0.1) is 6.92 Å². The highest BCUT2D eigenvalue weighted by Crippen LogP contribution is 2.23. The van der Waals surface area contributed by atoms with Crippen LogP contribution in [0.1, 0.15) is 19.4 Å². The van der Waals surface area contributed by atoms with E-state index in [4.69, 9.17) is 0 Å². The SMILES string of the molecule is Cc1ccc(S(=O)(=O)C[C@](C)(O)[C@@H](C)I)cc1. The zero-order chi connectivity index (χ0) is 13.3. The molecule has 1 rings (SSSR count). The second-order valence-corrected chi connectivity index (χ2v) is 8.40. The maximum Gasteiger partial charge on any atom is 0.181 e. The van der Waals surface area contributed by atoms with Gasteiger partial charge in [-0.25, -0.2) is 8.42 Å². The van der Waals surface area contributed by atoms with Crippen molar-refractivity contribution in [2.75, 3.05) is 5.75 Å². The molecule has 0 spiro atoms. The standard InChI is InChI=1S/C12H17IO3S/c1-9-4-6-11(7-5-9)17(15,16)8-12(3,14)10(2)13/h4-7,10,14H,8H2,1-3H3/t10-,12+/m1/s1. The number of alkyl halides is 1. The second-order valence-electron chi connectivity index (χ2n) is 4.55. The molecule has 3 nitrogen and oxygen atoms in total. The Bertz CT molecular complexity index is 475. The second kappa shape index (κ2) is 5.24. The fraction of sp³-hybridized carbons (Fsp3) is 0.500. The predicted octanol–water partition coefficient (Wildman–Crippen LogP) is 2.34. The van der Waals surface area contributed by atoms with E-state index in [0.29, 0.717) is 0 Å². The van der Waals surface area contributed by atoms with Crippen molar-refractivity contribution in [3.8, 4) is 0 Å². The first-order valence-corrected chi connectivity index (χ1v) is 8.21. The van der Waals surface area contributed by atoms with Gasteiger partial charge in [0.2, 0.25) is 0 Å². The molecule has 0 bridgehead atoms. The summed E-state index contributed by atoms with van der Waals surface area (Å²) in [5.41, 5.74) is -0.206. The van der Waals surface area contributed by atoms with E-state index < -0.39 is 15.4 Å². The lowest BCUT2D eigenvalue weighted by Crippen LogP contribution is -2.40. The highest BCUT2D eigenvalue weighted by Gasteiger charge is 2.33. The van der Waals surface area contributed by atoms with Crippen LogP contribution in [0.4, 0.5) is 0 Å². The van der Waals surface area contributed by atoms with Gasteiger partial charge in [-0.2, -0.15) is 0 Å². The lowest BCUT2D eigenvalue weighted by atomic mass is 10.1. The lowest BCUT2D eigenvalue weighted by Gasteiger charge is -2.26. The molecule has 0 unspecified atom stereocenters. The molecular weight excluding hydrogens is 351 g/mol. The Morgan fingerprint density at radius 3 is 2.24 bits per heavy atom. The van der Waals surface area contributed by atoms with Crippen LogP contribution in [0.15, 0.2) is 29.2 Å². The summed E-state index contributed by atoms with van der Waals surface area (Å²) < 4.78 is 24.1. The molecular formula is C12H17IO3S. The zero-order valence-corrected chi connectivity index (χ0v) is 13.1. The molecule has 0 aliphatic rings. The molecule has 1 aromatic carbocycles. The van der Waals surface area contributed by atoms with Crippen LogP contribution in [-0.2, 0) is 9.84 Å². The lowest BCUT2D eigenvalue weighted by molar-refractivity contribution is 0.0901. The molecule has 0 amide bonds. The highest BCUT2D eigenvalue weighted by atomic mass is 127. The molecule has 0 saturated heterocycles. The minimum atomic E-state index is -3.43. The molecule has 1 aromatic rings. The first-order chi connectivity index (χ1) is 7.65. The molecule has 0 aromatic heterocycles. The van der Waals surface area contributed by atoms with Gasteiger partial charge in [-0.05, 0) is 26.0 Å². The summed E-state index contributed by atoms with van der Waals surface area (Å²) in [5, 5.41) is 10.1. The zero-order valence-electron chi connectivity index (χ0n) is 10.1. The van der Waals surface area contributed by atoms with E-state index in [-0.39, 0.29) is 14.6 Å². The number of hydrogen-bond donors (Lipinski definition) is 1. The van der Waals surface area contributed by atoms with Crippen LogP contribution in [-0.4, -0.2) is 28.8 Å². The van der Waals surface area contributed by atoms with Crippen molar-refractivity contribution in [3.05, 3.63) is 29.8 Å². The van der Waals surface area contributed by atoms with Crippen LogP contribution in [0.25, 0.3) is 0 Å². The highest BCUT2D eigenvalue weighted by molar-refractivity contribution is 14.1. The van der Waals surface area contributed by atoms with E-state index in [1.165, 1.54) is 0 Å². The molecule has 0 radical (unpaired) electrons. The maximum atomic E-state index is 12.1. The van der Waals surface area contributed by atoms with Crippen molar-refractivity contribution in [2.45, 2.75) is 35.2 Å². The Labute approximate surface area is 116 Å². The van der Waals surface area contributed by atoms with Gasteiger partial charge in [-0.15, -0.1) is 0 Å². The van der Waals surface area contributed by atoms with Crippen LogP contribution in [0.2, 0.25) is 0 Å². The summed E-state index contributed by atoms with van der Waals surface area (Å²) >= 11 is 2.04. The number of aryl methyl sites for hydroxylation is 1. The molecule has 2 atom stereocenters. The van der Waals surface area contributed by atoms with E-state index in [1.54, 1.807) is 38.1 Å². The number of halogens is 1. The summed E-state index contributed by atoms with van der Waals surface area (Å²) in [6.45, 7) is 5.25. The van der Waals surface area contributed by atoms with Crippen molar-refractivity contribution in [3.63, 3.8) is 0 Å². The van der Waals surface area contributed by atoms with E-state index in [0.717, 1.165) is 5.56 Å². The van der Waals surface area contributed by atoms with Crippen LogP contribution in [0.5, 0.6) is 0 Å². The smallest absolute Gasteiger partial charge is 0.181 e. The molecule has 0 saturated carbocycles. The monoisotopic (exact) mass is 368 g/mol. The first kappa shape index (κ1) is 14.9. The molecule has 1 N–H and O–H groups in total. The van der Waals surface area contributed by atoms with E-state index in [9.17, 15) is 13.5 Å². The van der Waals surface area contributed by atoms with Gasteiger partial charge in [0, 0.05) is 3.92 Å². The van der Waals surface area contributed by atoms with Gasteiger partial charge in [0.1, 0.15) is 0 Å². The quantitative estimate of drug-likeness (QED) is 0.656. The fourth-order valence-corrected chi connectivity index (χ4v) is 3.58. The average Bonchev–Trinajstić information content (AvgIpc) is 2.16. The third kappa shape index (κ3) is 3.93. The van der Waals surface area contributed by atoms with E-state index in [2.05, 4.69) is 0 Å². The molecule has 0 aliphatic carbocycles. The van der Waals surface area contributed by atoms with Crippen molar-refractivity contribution >= 4 is 32.4 Å². The number of aliphatic hydroxyl groups is 1. The molecule has 0 aliphatic heterocycles. The van der Waals surface area contributed by atoms with Gasteiger partial charge < -0.3 is 5.11 Å². The summed E-state index contributed by atoms with van der Waals surface area (Å²) in [6.07, 6.45) is 0. The Balaban J connectivity index is 3.01. The Kier molecular flexibility index (Phi) is 4.60. The largest absolute Gasteiger partial charge is 0.388 e. The number of hydrogen-bond acceptors (Lipinski definition) is 3. The maximum absolute atomic E-state index is 12.1. The molecule has 5 heteroatoms. The summed E-state index contributed by atoms with van der Waals surface area (Å²) in [7, 11) is -3.43. The molecule has 0 fully saturated rings. The van der Waals surface area contributed by atoms with Crippen molar-refractivity contribution in [1.29, 1.82) is 0 Å². The fourth-order valence-electron chi connectivity index (χ4n) is 1.33. The topological polar surface area (TPSA) is 54.4 Å². The average molecular weight is 368 g/mol. The van der Waals surface area contributed by atoms with Gasteiger partial charge in [0.15, 0.2) is 9.84 Å². The Hall–Kier alpha value is -0.140. The van der Waals surface area contributed by atoms with Gasteiger partial charge in [-0.1, -0.05) is 47.2 Å². The summed E-state index contributed by atoms with van der Waals surface area (Å²) in [4.78, 5) is 0.264. The third-order valence-electron chi connectivity index (χ3n) is 2.72. The van der Waals surface area contributed by atoms with E-state index in [1.807, 2.05) is 29.5 Å². The Morgan fingerprint density at radius 1 is 1.35 bits per heavy atom. The van der Waals surface area contributed by atoms with Gasteiger partial charge in [-0.3, -0.25) is 0 Å². The van der Waals surface area contributed by atoms with Crippen LogP contribution < -0.4 is 0 Å². The Morgan fingerprint density at radius 2 is 1.82 bits per heavy atom. The summed E-state index contributed by atoms with van der Waals surface area (Å²) in [6, 6.07) is 6.68. The van der Waals surface area contributed by atoms with Crippen LogP contribution >= 0.6 is 22.6 Å². The molecule has 96 valence electrons. The number of rotatable bonds is 4. The third-order valence-corrected chi connectivity index (χ3v) is 6.02. The van der Waals surface area contributed by atoms with Gasteiger partial charge >= 0.3 is 0 Å². The van der Waals surface area contributed by atoms with Crippen molar-refractivity contribution in [2.24, 2.45) is 0 Å². The number of benzene rings is 1. The van der Waals surface area contributed by atoms with Gasteiger partial charge in [0.25, 0.3) is 0 Å². The first-order valence-electron chi connectivity index (χ1n) is 5.31. The normalized spacial score (nSPS) is 17.5.